The molecule has 0 radical (unpaired) electrons. The molecular weight excluding hydrogens is 234 g/mol. The molecule has 19 heavy (non-hydrogen) atoms. The number of aromatic nitrogens is 2. The molecular formula is C16H23N3. The molecule has 0 aliphatic rings. The summed E-state index contributed by atoms with van der Waals surface area (Å²) in [4.78, 5) is 7.91. The minimum Gasteiger partial charge on any atom is -0.342 e. The third kappa shape index (κ3) is 3.24. The minimum absolute atomic E-state index is 0.991. The van der Waals surface area contributed by atoms with Crippen molar-refractivity contribution in [3.63, 3.8) is 0 Å². The van der Waals surface area contributed by atoms with Gasteiger partial charge in [0.05, 0.1) is 11.9 Å². The van der Waals surface area contributed by atoms with E-state index in [9.17, 15) is 0 Å². The fourth-order valence-electron chi connectivity index (χ4n) is 2.31. The summed E-state index contributed by atoms with van der Waals surface area (Å²) in [7, 11) is 1.98. The molecule has 0 unspecified atom stereocenters. The Morgan fingerprint density at radius 3 is 2.58 bits per heavy atom. The molecule has 0 atom stereocenters. The van der Waals surface area contributed by atoms with Gasteiger partial charge in [-0.25, -0.2) is 4.98 Å². The van der Waals surface area contributed by atoms with Gasteiger partial charge in [0.25, 0.3) is 0 Å². The molecule has 1 aromatic heterocycles. The van der Waals surface area contributed by atoms with Crippen LogP contribution in [0.25, 0.3) is 11.3 Å². The second kappa shape index (κ2) is 6.02. The molecule has 0 amide bonds. The lowest BCUT2D eigenvalue weighted by molar-refractivity contribution is 0.707. The number of hydrogen-bond donors (Lipinski definition) is 2. The average Bonchev–Trinajstić information content (AvgIpc) is 2.83. The quantitative estimate of drug-likeness (QED) is 0.808. The lowest BCUT2D eigenvalue weighted by Crippen LogP contribution is -2.08. The van der Waals surface area contributed by atoms with Crippen LogP contribution in [-0.2, 0) is 6.42 Å². The number of H-pyrrole nitrogens is 1. The van der Waals surface area contributed by atoms with Crippen LogP contribution in [0.3, 0.4) is 0 Å². The van der Waals surface area contributed by atoms with Crippen LogP contribution in [0.2, 0.25) is 0 Å². The lowest BCUT2D eigenvalue weighted by atomic mass is 9.99. The zero-order chi connectivity index (χ0) is 13.8. The molecule has 0 fully saturated rings. The van der Waals surface area contributed by atoms with Crippen molar-refractivity contribution in [1.82, 2.24) is 15.3 Å². The molecule has 0 saturated heterocycles. The molecule has 3 heteroatoms. The van der Waals surface area contributed by atoms with Gasteiger partial charge in [-0.1, -0.05) is 6.07 Å². The van der Waals surface area contributed by atoms with Gasteiger partial charge >= 0.3 is 0 Å². The maximum Gasteiger partial charge on any atom is 0.106 e. The topological polar surface area (TPSA) is 40.7 Å². The van der Waals surface area contributed by atoms with E-state index in [0.29, 0.717) is 0 Å². The highest BCUT2D eigenvalue weighted by molar-refractivity contribution is 5.65. The SMILES string of the molecule is CNCCCc1ncc(-c2cc(C)c(C)cc2C)[nH]1. The lowest BCUT2D eigenvalue weighted by Gasteiger charge is -2.08. The highest BCUT2D eigenvalue weighted by Gasteiger charge is 2.07. The summed E-state index contributed by atoms with van der Waals surface area (Å²) in [6.45, 7) is 7.49. The van der Waals surface area contributed by atoms with Crippen LogP contribution in [-0.4, -0.2) is 23.6 Å². The Hall–Kier alpha value is -1.61. The molecule has 102 valence electrons. The van der Waals surface area contributed by atoms with Gasteiger partial charge in [-0.05, 0) is 63.5 Å². The van der Waals surface area contributed by atoms with Crippen LogP contribution in [0.15, 0.2) is 18.3 Å². The average molecular weight is 257 g/mol. The van der Waals surface area contributed by atoms with E-state index in [2.05, 4.69) is 48.2 Å². The standard InChI is InChI=1S/C16H23N3/c1-11-8-13(3)14(9-12(11)2)15-10-18-16(19-15)6-5-7-17-4/h8-10,17H,5-7H2,1-4H3,(H,18,19). The first-order valence-electron chi connectivity index (χ1n) is 6.88. The summed E-state index contributed by atoms with van der Waals surface area (Å²) in [5, 5.41) is 3.16. The smallest absolute Gasteiger partial charge is 0.106 e. The number of aromatic amines is 1. The van der Waals surface area contributed by atoms with Gasteiger partial charge in [-0.3, -0.25) is 0 Å². The Morgan fingerprint density at radius 1 is 1.11 bits per heavy atom. The van der Waals surface area contributed by atoms with E-state index < -0.39 is 0 Å². The van der Waals surface area contributed by atoms with Gasteiger partial charge in [0.15, 0.2) is 0 Å². The fraction of sp³-hybridized carbons (Fsp3) is 0.438. The monoisotopic (exact) mass is 257 g/mol. The highest BCUT2D eigenvalue weighted by atomic mass is 14.9. The Morgan fingerprint density at radius 2 is 1.84 bits per heavy atom. The van der Waals surface area contributed by atoms with Crippen molar-refractivity contribution in [1.29, 1.82) is 0 Å². The van der Waals surface area contributed by atoms with Gasteiger partial charge in [0.2, 0.25) is 0 Å². The molecule has 0 bridgehead atoms. The van der Waals surface area contributed by atoms with Crippen LogP contribution >= 0.6 is 0 Å². The second-order valence-corrected chi connectivity index (χ2v) is 5.20. The van der Waals surface area contributed by atoms with Crippen molar-refractivity contribution in [2.75, 3.05) is 13.6 Å². The molecule has 1 heterocycles. The van der Waals surface area contributed by atoms with E-state index in [1.54, 1.807) is 0 Å². The minimum atomic E-state index is 0.991. The number of benzene rings is 1. The molecule has 0 saturated carbocycles. The maximum atomic E-state index is 4.47. The Labute approximate surface area is 115 Å². The van der Waals surface area contributed by atoms with Crippen LogP contribution in [0.4, 0.5) is 0 Å². The van der Waals surface area contributed by atoms with Crippen molar-refractivity contribution < 1.29 is 0 Å². The highest BCUT2D eigenvalue weighted by Crippen LogP contribution is 2.25. The zero-order valence-electron chi connectivity index (χ0n) is 12.3. The second-order valence-electron chi connectivity index (χ2n) is 5.20. The normalized spacial score (nSPS) is 10.9. The summed E-state index contributed by atoms with van der Waals surface area (Å²) in [6, 6.07) is 4.49. The zero-order valence-corrected chi connectivity index (χ0v) is 12.3. The summed E-state index contributed by atoms with van der Waals surface area (Å²) < 4.78 is 0. The summed E-state index contributed by atoms with van der Waals surface area (Å²) >= 11 is 0. The largest absolute Gasteiger partial charge is 0.342 e. The summed E-state index contributed by atoms with van der Waals surface area (Å²) in [5.74, 6) is 1.07. The van der Waals surface area contributed by atoms with E-state index in [0.717, 1.165) is 30.9 Å². The fourth-order valence-corrected chi connectivity index (χ4v) is 2.31. The van der Waals surface area contributed by atoms with E-state index in [4.69, 9.17) is 0 Å². The third-order valence-electron chi connectivity index (χ3n) is 3.60. The number of nitrogens with one attached hydrogen (secondary N) is 2. The van der Waals surface area contributed by atoms with Gasteiger partial charge in [0, 0.05) is 12.0 Å². The van der Waals surface area contributed by atoms with Crippen molar-refractivity contribution in [3.05, 3.63) is 40.8 Å². The van der Waals surface area contributed by atoms with Gasteiger partial charge < -0.3 is 10.3 Å². The van der Waals surface area contributed by atoms with E-state index >= 15 is 0 Å². The molecule has 0 spiro atoms. The van der Waals surface area contributed by atoms with E-state index in [-0.39, 0.29) is 0 Å². The number of aryl methyl sites for hydroxylation is 4. The molecule has 2 rings (SSSR count). The number of nitrogens with zero attached hydrogens (tertiary/aromatic N) is 1. The molecule has 1 aromatic carbocycles. The first-order valence-corrected chi connectivity index (χ1v) is 6.88. The van der Waals surface area contributed by atoms with Crippen LogP contribution in [0, 0.1) is 20.8 Å². The van der Waals surface area contributed by atoms with Crippen molar-refractivity contribution in [2.45, 2.75) is 33.6 Å². The third-order valence-corrected chi connectivity index (χ3v) is 3.60. The summed E-state index contributed by atoms with van der Waals surface area (Å²) in [5.41, 5.74) is 6.35. The molecule has 2 aromatic rings. The first-order chi connectivity index (χ1) is 9.11. The Kier molecular flexibility index (Phi) is 4.38. The van der Waals surface area contributed by atoms with Crippen LogP contribution in [0.5, 0.6) is 0 Å². The van der Waals surface area contributed by atoms with E-state index in [1.165, 1.54) is 22.3 Å². The summed E-state index contributed by atoms with van der Waals surface area (Å²) in [6.07, 6.45) is 4.05. The maximum absolute atomic E-state index is 4.47. The van der Waals surface area contributed by atoms with Gasteiger partial charge in [-0.15, -0.1) is 0 Å². The van der Waals surface area contributed by atoms with Crippen molar-refractivity contribution in [3.8, 4) is 11.3 Å². The van der Waals surface area contributed by atoms with Crippen LogP contribution in [0.1, 0.15) is 28.9 Å². The Bertz CT molecular complexity index is 555. The molecule has 3 nitrogen and oxygen atoms in total. The number of hydrogen-bond acceptors (Lipinski definition) is 2. The predicted octanol–water partition coefficient (Wildman–Crippen LogP) is 3.15. The van der Waals surface area contributed by atoms with E-state index in [1.807, 2.05) is 13.2 Å². The molecule has 2 N–H and O–H groups in total. The van der Waals surface area contributed by atoms with Crippen molar-refractivity contribution in [2.24, 2.45) is 0 Å². The predicted molar refractivity (Wildman–Crippen MR) is 80.5 cm³/mol. The Balaban J connectivity index is 2.20. The number of rotatable bonds is 5. The first kappa shape index (κ1) is 13.8. The van der Waals surface area contributed by atoms with Crippen molar-refractivity contribution >= 4 is 0 Å². The number of imidazole rings is 1. The van der Waals surface area contributed by atoms with Gasteiger partial charge in [-0.2, -0.15) is 0 Å². The molecule has 0 aliphatic carbocycles. The molecule has 0 aliphatic heterocycles. The van der Waals surface area contributed by atoms with Crippen LogP contribution < -0.4 is 5.32 Å². The van der Waals surface area contributed by atoms with Gasteiger partial charge in [0.1, 0.15) is 5.82 Å².